The molecule has 0 saturated carbocycles. The SMILES string of the molecule is CC1OC(=O)c2c(O)cc(OCC(O)CO)cc2/C=C/CC(O)[C@H](O)C(=O)/C=C\[C@H]1C. The number of cyclic esters (lactones) is 1. The fourth-order valence-electron chi connectivity index (χ4n) is 2.79. The van der Waals surface area contributed by atoms with Crippen molar-refractivity contribution in [3.63, 3.8) is 0 Å². The zero-order valence-electron chi connectivity index (χ0n) is 17.3. The maximum absolute atomic E-state index is 12.7. The molecule has 0 radical (unpaired) electrons. The number of aliphatic hydroxyl groups is 4. The highest BCUT2D eigenvalue weighted by molar-refractivity contribution is 5.97. The van der Waals surface area contributed by atoms with Crippen LogP contribution >= 0.6 is 0 Å². The number of carbonyl (C=O) groups excluding carboxylic acids is 2. The molecule has 1 heterocycles. The Morgan fingerprint density at radius 2 is 1.90 bits per heavy atom. The number of rotatable bonds is 4. The van der Waals surface area contributed by atoms with Crippen molar-refractivity contribution in [2.24, 2.45) is 5.92 Å². The summed E-state index contributed by atoms with van der Waals surface area (Å²) in [6, 6.07) is 2.61. The Labute approximate surface area is 179 Å². The number of hydrogen-bond acceptors (Lipinski definition) is 9. The summed E-state index contributed by atoms with van der Waals surface area (Å²) in [4.78, 5) is 24.8. The molecule has 0 bridgehead atoms. The molecule has 0 amide bonds. The molecule has 170 valence electrons. The molecule has 1 aliphatic heterocycles. The number of hydrogen-bond donors (Lipinski definition) is 5. The second-order valence-corrected chi connectivity index (χ2v) is 7.44. The second kappa shape index (κ2) is 11.1. The third kappa shape index (κ3) is 6.63. The number of fused-ring (bicyclic) bond motifs is 1. The minimum Gasteiger partial charge on any atom is -0.507 e. The molecule has 0 saturated heterocycles. The van der Waals surface area contributed by atoms with E-state index in [0.717, 1.165) is 6.08 Å². The summed E-state index contributed by atoms with van der Waals surface area (Å²) in [5.74, 6) is -2.14. The molecule has 31 heavy (non-hydrogen) atoms. The third-order valence-electron chi connectivity index (χ3n) is 4.91. The van der Waals surface area contributed by atoms with E-state index in [0.29, 0.717) is 0 Å². The highest BCUT2D eigenvalue weighted by Gasteiger charge is 2.25. The van der Waals surface area contributed by atoms with Crippen molar-refractivity contribution in [1.29, 1.82) is 0 Å². The normalized spacial score (nSPS) is 28.1. The van der Waals surface area contributed by atoms with Crippen LogP contribution in [0.1, 0.15) is 36.2 Å². The van der Waals surface area contributed by atoms with Gasteiger partial charge < -0.3 is 35.0 Å². The van der Waals surface area contributed by atoms with E-state index in [-0.39, 0.29) is 35.8 Å². The highest BCUT2D eigenvalue weighted by atomic mass is 16.5. The zero-order valence-corrected chi connectivity index (χ0v) is 17.3. The first kappa shape index (κ1) is 24.5. The lowest BCUT2D eigenvalue weighted by atomic mass is 9.99. The molecule has 2 rings (SSSR count). The first-order valence-corrected chi connectivity index (χ1v) is 9.88. The van der Waals surface area contributed by atoms with Crippen LogP contribution in [-0.4, -0.2) is 74.9 Å². The van der Waals surface area contributed by atoms with Crippen molar-refractivity contribution in [2.45, 2.75) is 44.7 Å². The molecule has 0 aromatic heterocycles. The second-order valence-electron chi connectivity index (χ2n) is 7.44. The Morgan fingerprint density at radius 1 is 1.19 bits per heavy atom. The molecule has 0 aliphatic carbocycles. The van der Waals surface area contributed by atoms with E-state index in [1.165, 1.54) is 30.4 Å². The molecule has 0 fully saturated rings. The Balaban J connectivity index is 2.44. The van der Waals surface area contributed by atoms with Crippen molar-refractivity contribution < 1.29 is 44.6 Å². The average molecular weight is 436 g/mol. The van der Waals surface area contributed by atoms with Crippen molar-refractivity contribution >= 4 is 17.8 Å². The lowest BCUT2D eigenvalue weighted by Crippen LogP contribution is -2.32. The first-order chi connectivity index (χ1) is 14.6. The van der Waals surface area contributed by atoms with Gasteiger partial charge in [0.05, 0.1) is 12.7 Å². The van der Waals surface area contributed by atoms with Crippen molar-refractivity contribution in [2.75, 3.05) is 13.2 Å². The minimum absolute atomic E-state index is 0.101. The van der Waals surface area contributed by atoms with Gasteiger partial charge in [-0.2, -0.15) is 0 Å². The first-order valence-electron chi connectivity index (χ1n) is 9.88. The van der Waals surface area contributed by atoms with Crippen LogP contribution in [0.5, 0.6) is 11.5 Å². The molecule has 3 unspecified atom stereocenters. The zero-order chi connectivity index (χ0) is 23.1. The minimum atomic E-state index is -1.61. The molecule has 0 spiro atoms. The molecule has 1 aliphatic rings. The lowest BCUT2D eigenvalue weighted by molar-refractivity contribution is -0.127. The molecular formula is C22H28O9. The largest absolute Gasteiger partial charge is 0.507 e. The average Bonchev–Trinajstić information content (AvgIpc) is 2.73. The molecular weight excluding hydrogens is 408 g/mol. The Morgan fingerprint density at radius 3 is 2.58 bits per heavy atom. The summed E-state index contributed by atoms with van der Waals surface area (Å²) in [5, 5.41) is 48.9. The van der Waals surface area contributed by atoms with E-state index in [1.807, 2.05) is 0 Å². The monoisotopic (exact) mass is 436 g/mol. The number of benzene rings is 1. The number of esters is 1. The van der Waals surface area contributed by atoms with E-state index in [2.05, 4.69) is 0 Å². The fourth-order valence-corrected chi connectivity index (χ4v) is 2.79. The van der Waals surface area contributed by atoms with Gasteiger partial charge in [-0.1, -0.05) is 25.2 Å². The number of ketones is 1. The van der Waals surface area contributed by atoms with E-state index in [9.17, 15) is 30.0 Å². The van der Waals surface area contributed by atoms with E-state index in [4.69, 9.17) is 14.6 Å². The standard InChI is InChI=1S/C22H28O9/c1-12-6-7-18(26)21(28)17(25)5-3-4-14-8-16(30-11-15(24)10-23)9-19(27)20(14)22(29)31-13(12)2/h3-4,6-9,12-13,15,17,21,23-25,27-28H,5,10-11H2,1-2H3/b4-3+,7-6-/t12-,13?,15?,17?,21+/m1/s1. The summed E-state index contributed by atoms with van der Waals surface area (Å²) in [6.45, 7) is 2.58. The van der Waals surface area contributed by atoms with Gasteiger partial charge in [0, 0.05) is 12.0 Å². The maximum Gasteiger partial charge on any atom is 0.342 e. The predicted octanol–water partition coefficient (Wildman–Crippen LogP) is 0.570. The maximum atomic E-state index is 12.7. The fraction of sp³-hybridized carbons (Fsp3) is 0.455. The van der Waals surface area contributed by atoms with E-state index < -0.39 is 48.5 Å². The number of ether oxygens (including phenoxy) is 2. The quantitative estimate of drug-likeness (QED) is 0.426. The number of phenolic OH excluding ortho intramolecular Hbond substituents is 1. The van der Waals surface area contributed by atoms with Gasteiger partial charge in [0.15, 0.2) is 5.78 Å². The van der Waals surface area contributed by atoms with Gasteiger partial charge in [0.2, 0.25) is 0 Å². The number of aromatic hydroxyl groups is 1. The van der Waals surface area contributed by atoms with Gasteiger partial charge in [-0.25, -0.2) is 4.79 Å². The smallest absolute Gasteiger partial charge is 0.342 e. The van der Waals surface area contributed by atoms with Crippen LogP contribution in [0.4, 0.5) is 0 Å². The number of aliphatic hydroxyl groups excluding tert-OH is 4. The van der Waals surface area contributed by atoms with Crippen LogP contribution in [0.15, 0.2) is 30.4 Å². The lowest BCUT2D eigenvalue weighted by Gasteiger charge is -2.20. The Bertz CT molecular complexity index is 846. The summed E-state index contributed by atoms with van der Waals surface area (Å²) in [5.41, 5.74) is 0.0801. The van der Waals surface area contributed by atoms with Crippen LogP contribution in [0, 0.1) is 5.92 Å². The predicted molar refractivity (Wildman–Crippen MR) is 111 cm³/mol. The van der Waals surface area contributed by atoms with E-state index >= 15 is 0 Å². The molecule has 5 N–H and O–H groups in total. The van der Waals surface area contributed by atoms with Gasteiger partial charge >= 0.3 is 5.97 Å². The van der Waals surface area contributed by atoms with Crippen LogP contribution in [-0.2, 0) is 9.53 Å². The molecule has 9 heteroatoms. The topological polar surface area (TPSA) is 154 Å². The molecule has 1 aromatic carbocycles. The van der Waals surface area contributed by atoms with Gasteiger partial charge in [-0.3, -0.25) is 4.79 Å². The summed E-state index contributed by atoms with van der Waals surface area (Å²) >= 11 is 0. The number of phenols is 1. The highest BCUT2D eigenvalue weighted by Crippen LogP contribution is 2.31. The van der Waals surface area contributed by atoms with Crippen molar-refractivity contribution in [3.8, 4) is 11.5 Å². The Kier molecular flexibility index (Phi) is 8.76. The molecule has 9 nitrogen and oxygen atoms in total. The molecule has 5 atom stereocenters. The van der Waals surface area contributed by atoms with Crippen LogP contribution in [0.2, 0.25) is 0 Å². The summed E-state index contributed by atoms with van der Waals surface area (Å²) < 4.78 is 10.8. The van der Waals surface area contributed by atoms with E-state index in [1.54, 1.807) is 13.8 Å². The van der Waals surface area contributed by atoms with Gasteiger partial charge in [-0.15, -0.1) is 0 Å². The van der Waals surface area contributed by atoms with Gasteiger partial charge in [0.1, 0.15) is 42.0 Å². The molecule has 1 aromatic rings. The van der Waals surface area contributed by atoms with Crippen molar-refractivity contribution in [3.05, 3.63) is 41.5 Å². The third-order valence-corrected chi connectivity index (χ3v) is 4.91. The van der Waals surface area contributed by atoms with Crippen LogP contribution in [0.3, 0.4) is 0 Å². The van der Waals surface area contributed by atoms with Crippen LogP contribution < -0.4 is 4.74 Å². The van der Waals surface area contributed by atoms with Gasteiger partial charge in [0.25, 0.3) is 0 Å². The van der Waals surface area contributed by atoms with Gasteiger partial charge in [-0.05, 0) is 31.1 Å². The Hall–Kier alpha value is -2.72. The van der Waals surface area contributed by atoms with Crippen LogP contribution in [0.25, 0.3) is 6.08 Å². The van der Waals surface area contributed by atoms with Crippen molar-refractivity contribution in [1.82, 2.24) is 0 Å². The summed E-state index contributed by atoms with van der Waals surface area (Å²) in [6.07, 6.45) is 0.604. The number of carbonyl (C=O) groups is 2. The summed E-state index contributed by atoms with van der Waals surface area (Å²) in [7, 11) is 0.